The zero-order chi connectivity index (χ0) is 7.40. The number of halogens is 1. The lowest BCUT2D eigenvalue weighted by molar-refractivity contribution is -0.688. The Labute approximate surface area is 73.8 Å². The lowest BCUT2D eigenvalue weighted by Gasteiger charge is -1.92. The molecule has 1 heterocycles. The summed E-state index contributed by atoms with van der Waals surface area (Å²) in [6, 6.07) is 6.04. The van der Waals surface area contributed by atoms with E-state index in [1.807, 2.05) is 37.5 Å². The van der Waals surface area contributed by atoms with Crippen molar-refractivity contribution in [2.45, 2.75) is 13.5 Å². The minimum atomic E-state index is 0. The predicted octanol–water partition coefficient (Wildman–Crippen LogP) is -1.45. The number of aromatic nitrogens is 1. The first-order valence-corrected chi connectivity index (χ1v) is 3.37. The standard InChI is InChI=1S/C9H12N.ClH/c1-9(2)8-10-6-4-3-5-7-10;/h3-7H,1,8H2,2H3;1H/q+1;/p-1. The van der Waals surface area contributed by atoms with Gasteiger partial charge >= 0.3 is 0 Å². The van der Waals surface area contributed by atoms with Crippen LogP contribution in [0.5, 0.6) is 0 Å². The maximum absolute atomic E-state index is 3.83. The molecular weight excluding hydrogens is 158 g/mol. The van der Waals surface area contributed by atoms with E-state index in [4.69, 9.17) is 0 Å². The predicted molar refractivity (Wildman–Crippen MR) is 41.5 cm³/mol. The van der Waals surface area contributed by atoms with Gasteiger partial charge in [0.25, 0.3) is 0 Å². The van der Waals surface area contributed by atoms with Crippen LogP contribution < -0.4 is 17.0 Å². The van der Waals surface area contributed by atoms with Crippen LogP contribution in [0.3, 0.4) is 0 Å². The van der Waals surface area contributed by atoms with Gasteiger partial charge in [-0.25, -0.2) is 4.57 Å². The summed E-state index contributed by atoms with van der Waals surface area (Å²) in [6.45, 7) is 6.77. The van der Waals surface area contributed by atoms with E-state index >= 15 is 0 Å². The average molecular weight is 170 g/mol. The third-order valence-electron chi connectivity index (χ3n) is 1.23. The third-order valence-corrected chi connectivity index (χ3v) is 1.23. The SMILES string of the molecule is C=C(C)C[n+]1ccccc1.[Cl-]. The van der Waals surface area contributed by atoms with Crippen LogP contribution in [0.15, 0.2) is 42.7 Å². The molecule has 0 saturated heterocycles. The van der Waals surface area contributed by atoms with Crippen molar-refractivity contribution in [2.24, 2.45) is 0 Å². The highest BCUT2D eigenvalue weighted by molar-refractivity contribution is 4.86. The first kappa shape index (κ1) is 10.2. The highest BCUT2D eigenvalue weighted by Gasteiger charge is 1.94. The molecule has 0 aliphatic heterocycles. The monoisotopic (exact) mass is 169 g/mol. The highest BCUT2D eigenvalue weighted by atomic mass is 35.5. The smallest absolute Gasteiger partial charge is 0.169 e. The van der Waals surface area contributed by atoms with E-state index in [1.54, 1.807) is 0 Å². The largest absolute Gasteiger partial charge is 1.00 e. The number of allylic oxidation sites excluding steroid dienone is 1. The lowest BCUT2D eigenvalue weighted by Crippen LogP contribution is -3.00. The van der Waals surface area contributed by atoms with E-state index in [-0.39, 0.29) is 12.4 Å². The Morgan fingerprint density at radius 3 is 2.27 bits per heavy atom. The van der Waals surface area contributed by atoms with Gasteiger partial charge in [-0.3, -0.25) is 0 Å². The zero-order valence-electron chi connectivity index (χ0n) is 6.63. The second kappa shape index (κ2) is 4.91. The summed E-state index contributed by atoms with van der Waals surface area (Å²) in [5, 5.41) is 0. The molecule has 1 aromatic rings. The first-order valence-electron chi connectivity index (χ1n) is 3.37. The molecule has 60 valence electrons. The Morgan fingerprint density at radius 2 is 1.82 bits per heavy atom. The van der Waals surface area contributed by atoms with Crippen LogP contribution in [0.4, 0.5) is 0 Å². The molecule has 0 aliphatic carbocycles. The number of nitrogens with zero attached hydrogens (tertiary/aromatic N) is 1. The van der Waals surface area contributed by atoms with Crippen LogP contribution in [-0.4, -0.2) is 0 Å². The van der Waals surface area contributed by atoms with Gasteiger partial charge in [-0.05, 0) is 12.5 Å². The molecule has 2 heteroatoms. The Balaban J connectivity index is 0.000001000. The fourth-order valence-electron chi connectivity index (χ4n) is 0.851. The first-order chi connectivity index (χ1) is 4.79. The molecule has 0 saturated carbocycles. The Bertz CT molecular complexity index is 218. The molecule has 0 atom stereocenters. The van der Waals surface area contributed by atoms with Crippen LogP contribution in [-0.2, 0) is 6.54 Å². The Morgan fingerprint density at radius 1 is 1.27 bits per heavy atom. The molecule has 0 aromatic carbocycles. The minimum absolute atomic E-state index is 0. The van der Waals surface area contributed by atoms with Gasteiger partial charge < -0.3 is 12.4 Å². The van der Waals surface area contributed by atoms with Gasteiger partial charge in [-0.15, -0.1) is 0 Å². The van der Waals surface area contributed by atoms with Gasteiger partial charge in [0.05, 0.1) is 0 Å². The summed E-state index contributed by atoms with van der Waals surface area (Å²) < 4.78 is 2.10. The van der Waals surface area contributed by atoms with Crippen LogP contribution in [0.2, 0.25) is 0 Å². The third kappa shape index (κ3) is 3.79. The van der Waals surface area contributed by atoms with Crippen molar-refractivity contribution in [1.82, 2.24) is 0 Å². The van der Waals surface area contributed by atoms with E-state index in [9.17, 15) is 0 Å². The van der Waals surface area contributed by atoms with Crippen molar-refractivity contribution in [3.8, 4) is 0 Å². The van der Waals surface area contributed by atoms with Crippen molar-refractivity contribution in [3.05, 3.63) is 42.7 Å². The molecule has 0 aliphatic rings. The highest BCUT2D eigenvalue weighted by Crippen LogP contribution is 1.85. The molecule has 1 aromatic heterocycles. The summed E-state index contributed by atoms with van der Waals surface area (Å²) in [4.78, 5) is 0. The van der Waals surface area contributed by atoms with Crippen molar-refractivity contribution in [2.75, 3.05) is 0 Å². The lowest BCUT2D eigenvalue weighted by atomic mass is 10.3. The van der Waals surface area contributed by atoms with Gasteiger partial charge in [0, 0.05) is 12.1 Å². The Hall–Kier alpha value is -0.820. The van der Waals surface area contributed by atoms with E-state index in [1.165, 1.54) is 5.57 Å². The summed E-state index contributed by atoms with van der Waals surface area (Å²) in [7, 11) is 0. The van der Waals surface area contributed by atoms with Crippen molar-refractivity contribution >= 4 is 0 Å². The molecule has 1 nitrogen and oxygen atoms in total. The van der Waals surface area contributed by atoms with Crippen LogP contribution in [0.25, 0.3) is 0 Å². The number of hydrogen-bond acceptors (Lipinski definition) is 0. The number of hydrogen-bond donors (Lipinski definition) is 0. The molecule has 0 spiro atoms. The maximum Gasteiger partial charge on any atom is 0.169 e. The van der Waals surface area contributed by atoms with Crippen molar-refractivity contribution < 1.29 is 17.0 Å². The Kier molecular flexibility index (Phi) is 4.55. The van der Waals surface area contributed by atoms with Crippen molar-refractivity contribution in [3.63, 3.8) is 0 Å². The quantitative estimate of drug-likeness (QED) is 0.377. The molecule has 0 fully saturated rings. The minimum Gasteiger partial charge on any atom is -1.00 e. The second-order valence-corrected chi connectivity index (χ2v) is 2.50. The summed E-state index contributed by atoms with van der Waals surface area (Å²) in [5.74, 6) is 0. The van der Waals surface area contributed by atoms with Gasteiger partial charge in [-0.2, -0.15) is 0 Å². The molecule has 0 N–H and O–H groups in total. The zero-order valence-corrected chi connectivity index (χ0v) is 7.38. The van der Waals surface area contributed by atoms with Gasteiger partial charge in [0.1, 0.15) is 0 Å². The maximum atomic E-state index is 3.83. The summed E-state index contributed by atoms with van der Waals surface area (Å²) in [5.41, 5.74) is 1.18. The summed E-state index contributed by atoms with van der Waals surface area (Å²) in [6.07, 6.45) is 4.07. The fraction of sp³-hybridized carbons (Fsp3) is 0.222. The van der Waals surface area contributed by atoms with Gasteiger partial charge in [0.2, 0.25) is 0 Å². The topological polar surface area (TPSA) is 3.88 Å². The van der Waals surface area contributed by atoms with E-state index < -0.39 is 0 Å². The van der Waals surface area contributed by atoms with E-state index in [2.05, 4.69) is 11.1 Å². The van der Waals surface area contributed by atoms with Crippen LogP contribution >= 0.6 is 0 Å². The second-order valence-electron chi connectivity index (χ2n) is 2.50. The molecule has 0 amide bonds. The number of rotatable bonds is 2. The van der Waals surface area contributed by atoms with E-state index in [0.29, 0.717) is 0 Å². The number of pyridine rings is 1. The molecule has 1 rings (SSSR count). The molecule has 0 unspecified atom stereocenters. The van der Waals surface area contributed by atoms with Gasteiger partial charge in [0.15, 0.2) is 18.9 Å². The van der Waals surface area contributed by atoms with Crippen LogP contribution in [0.1, 0.15) is 6.92 Å². The van der Waals surface area contributed by atoms with E-state index in [0.717, 1.165) is 6.54 Å². The summed E-state index contributed by atoms with van der Waals surface area (Å²) >= 11 is 0. The average Bonchev–Trinajstić information content (AvgIpc) is 1.88. The van der Waals surface area contributed by atoms with Crippen molar-refractivity contribution in [1.29, 1.82) is 0 Å². The molecular formula is C9H12ClN. The molecule has 0 radical (unpaired) electrons. The van der Waals surface area contributed by atoms with Crippen LogP contribution in [0, 0.1) is 0 Å². The molecule has 0 bridgehead atoms. The molecule has 11 heavy (non-hydrogen) atoms. The normalized spacial score (nSPS) is 8.45. The van der Waals surface area contributed by atoms with Gasteiger partial charge in [-0.1, -0.05) is 12.6 Å². The fourth-order valence-corrected chi connectivity index (χ4v) is 0.851.